The van der Waals surface area contributed by atoms with Crippen LogP contribution >= 0.6 is 15.9 Å². The van der Waals surface area contributed by atoms with E-state index >= 15 is 0 Å². The van der Waals surface area contributed by atoms with Crippen molar-refractivity contribution >= 4 is 33.5 Å². The summed E-state index contributed by atoms with van der Waals surface area (Å²) in [6.07, 6.45) is 0. The molecule has 0 aromatic heterocycles. The summed E-state index contributed by atoms with van der Waals surface area (Å²) in [4.78, 5) is 25.1. The number of carbonyl (C=O) groups excluding carboxylic acids is 1. The average molecular weight is 418 g/mol. The van der Waals surface area contributed by atoms with Crippen LogP contribution in [0.4, 0.5) is 5.69 Å². The van der Waals surface area contributed by atoms with Crippen LogP contribution in [-0.2, 0) is 21.5 Å². The molecule has 0 fully saturated rings. The molecule has 0 saturated heterocycles. The first-order valence-electron chi connectivity index (χ1n) is 8.41. The van der Waals surface area contributed by atoms with E-state index in [0.717, 1.165) is 21.2 Å². The largest absolute Gasteiger partial charge is 0.474 e. The minimum atomic E-state index is -1.46. The minimum Gasteiger partial charge on any atom is -0.474 e. The molecule has 5 heteroatoms. The highest BCUT2D eigenvalue weighted by molar-refractivity contribution is 9.10. The average Bonchev–Trinajstić information content (AvgIpc) is 2.51. The molecule has 1 N–H and O–H groups in total. The maximum Gasteiger partial charge on any atom is 0.394 e. The van der Waals surface area contributed by atoms with Crippen LogP contribution in [0.25, 0.3) is 0 Å². The minimum absolute atomic E-state index is 0.0357. The van der Waals surface area contributed by atoms with Gasteiger partial charge in [-0.2, -0.15) is 0 Å². The fourth-order valence-electron chi connectivity index (χ4n) is 2.99. The number of carbonyl (C=O) groups is 2. The Kier molecular flexibility index (Phi) is 5.91. The van der Waals surface area contributed by atoms with Crippen LogP contribution in [-0.4, -0.2) is 17.0 Å². The Bertz CT molecular complexity index is 812. The number of amides is 1. The van der Waals surface area contributed by atoms with Gasteiger partial charge in [-0.1, -0.05) is 61.0 Å². The van der Waals surface area contributed by atoms with Crippen molar-refractivity contribution < 1.29 is 14.7 Å². The number of aliphatic carboxylic acids is 1. The molecule has 0 aliphatic heterocycles. The van der Waals surface area contributed by atoms with Crippen molar-refractivity contribution in [3.63, 3.8) is 0 Å². The first-order chi connectivity index (χ1) is 12.0. The zero-order chi connectivity index (χ0) is 19.6. The zero-order valence-corrected chi connectivity index (χ0v) is 17.3. The van der Waals surface area contributed by atoms with E-state index in [2.05, 4.69) is 36.7 Å². The fourth-order valence-corrected chi connectivity index (χ4v) is 3.68. The Morgan fingerprint density at radius 3 is 1.96 bits per heavy atom. The van der Waals surface area contributed by atoms with E-state index in [0.29, 0.717) is 5.69 Å². The van der Waals surface area contributed by atoms with E-state index in [9.17, 15) is 14.7 Å². The first kappa shape index (κ1) is 20.2. The van der Waals surface area contributed by atoms with Gasteiger partial charge in [0.05, 0.1) is 12.2 Å². The molecule has 4 nitrogen and oxygen atoms in total. The lowest BCUT2D eigenvalue weighted by Crippen LogP contribution is -2.37. The van der Waals surface area contributed by atoms with Crippen LogP contribution < -0.4 is 4.90 Å². The van der Waals surface area contributed by atoms with Crippen molar-refractivity contribution in [3.05, 3.63) is 63.1 Å². The van der Waals surface area contributed by atoms with Gasteiger partial charge in [-0.3, -0.25) is 9.69 Å². The summed E-state index contributed by atoms with van der Waals surface area (Å²) < 4.78 is 0.897. The molecule has 0 aliphatic carbocycles. The first-order valence-corrected chi connectivity index (χ1v) is 9.21. The molecular formula is C21H24BrNO3. The molecule has 2 rings (SSSR count). The second-order valence-electron chi connectivity index (χ2n) is 7.53. The van der Waals surface area contributed by atoms with Gasteiger partial charge in [-0.25, -0.2) is 4.79 Å². The quantitative estimate of drug-likeness (QED) is 0.716. The number of benzene rings is 2. The zero-order valence-electron chi connectivity index (χ0n) is 15.8. The lowest BCUT2D eigenvalue weighted by molar-refractivity contribution is -0.148. The summed E-state index contributed by atoms with van der Waals surface area (Å²) in [7, 11) is 0. The number of nitrogens with zero attached hydrogens (tertiary/aromatic N) is 1. The smallest absolute Gasteiger partial charge is 0.394 e. The highest BCUT2D eigenvalue weighted by Crippen LogP contribution is 2.30. The highest BCUT2D eigenvalue weighted by Gasteiger charge is 2.26. The number of carboxylic acid groups (broad SMARTS) is 1. The monoisotopic (exact) mass is 417 g/mol. The number of anilines is 1. The van der Waals surface area contributed by atoms with Crippen LogP contribution in [0.15, 0.2) is 40.9 Å². The van der Waals surface area contributed by atoms with E-state index in [1.54, 1.807) is 0 Å². The molecule has 0 spiro atoms. The van der Waals surface area contributed by atoms with Crippen LogP contribution in [0.1, 0.15) is 43.0 Å². The summed E-state index contributed by atoms with van der Waals surface area (Å²) in [5.41, 5.74) is 4.44. The van der Waals surface area contributed by atoms with Gasteiger partial charge in [0.1, 0.15) is 0 Å². The lowest BCUT2D eigenvalue weighted by Gasteiger charge is -2.26. The SMILES string of the molecule is Cc1cc(Br)cc(C)c1N(Cc1ccc(C(C)(C)C)cc1)C(=O)C(=O)O. The predicted octanol–water partition coefficient (Wildman–Crippen LogP) is 4.98. The summed E-state index contributed by atoms with van der Waals surface area (Å²) in [6, 6.07) is 11.7. The number of aryl methyl sites for hydroxylation is 2. The second kappa shape index (κ2) is 7.62. The Morgan fingerprint density at radius 2 is 1.54 bits per heavy atom. The highest BCUT2D eigenvalue weighted by atomic mass is 79.9. The van der Waals surface area contributed by atoms with Crippen molar-refractivity contribution in [2.75, 3.05) is 4.90 Å². The van der Waals surface area contributed by atoms with Gasteiger partial charge in [0.25, 0.3) is 0 Å². The molecule has 0 heterocycles. The van der Waals surface area contributed by atoms with Gasteiger partial charge in [-0.15, -0.1) is 0 Å². The number of hydrogen-bond donors (Lipinski definition) is 1. The Labute approximate surface area is 163 Å². The van der Waals surface area contributed by atoms with Crippen molar-refractivity contribution in [1.82, 2.24) is 0 Å². The fraction of sp³-hybridized carbons (Fsp3) is 0.333. The van der Waals surface area contributed by atoms with E-state index in [-0.39, 0.29) is 12.0 Å². The van der Waals surface area contributed by atoms with E-state index in [1.165, 1.54) is 10.5 Å². The number of carboxylic acids is 1. The number of rotatable bonds is 3. The van der Waals surface area contributed by atoms with Gasteiger partial charge in [-0.05, 0) is 53.6 Å². The molecule has 0 saturated carbocycles. The van der Waals surface area contributed by atoms with Gasteiger partial charge < -0.3 is 5.11 Å². The van der Waals surface area contributed by atoms with Crippen LogP contribution in [0, 0.1) is 13.8 Å². The number of hydrogen-bond acceptors (Lipinski definition) is 2. The van der Waals surface area contributed by atoms with Gasteiger partial charge in [0.15, 0.2) is 0 Å². The topological polar surface area (TPSA) is 57.6 Å². The third-order valence-corrected chi connectivity index (χ3v) is 4.77. The number of halogens is 1. The molecule has 0 radical (unpaired) electrons. The lowest BCUT2D eigenvalue weighted by atomic mass is 9.86. The third kappa shape index (κ3) is 4.52. The molecule has 0 unspecified atom stereocenters. The predicted molar refractivity (Wildman–Crippen MR) is 108 cm³/mol. The summed E-state index contributed by atoms with van der Waals surface area (Å²) in [6.45, 7) is 10.4. The van der Waals surface area contributed by atoms with Crippen molar-refractivity contribution in [1.29, 1.82) is 0 Å². The second-order valence-corrected chi connectivity index (χ2v) is 8.45. The molecule has 0 aliphatic rings. The van der Waals surface area contributed by atoms with E-state index in [1.807, 2.05) is 50.2 Å². The van der Waals surface area contributed by atoms with Gasteiger partial charge in [0.2, 0.25) is 0 Å². The molecule has 2 aromatic carbocycles. The molecular weight excluding hydrogens is 394 g/mol. The molecule has 0 bridgehead atoms. The summed E-state index contributed by atoms with van der Waals surface area (Å²) >= 11 is 3.44. The van der Waals surface area contributed by atoms with Crippen LogP contribution in [0.5, 0.6) is 0 Å². The standard InChI is InChI=1S/C21H24BrNO3/c1-13-10-17(22)11-14(2)18(13)23(19(24)20(25)26)12-15-6-8-16(9-7-15)21(3,4)5/h6-11H,12H2,1-5H3,(H,25,26). The Morgan fingerprint density at radius 1 is 1.04 bits per heavy atom. The molecule has 2 aromatic rings. The molecule has 26 heavy (non-hydrogen) atoms. The maximum atomic E-state index is 12.4. The van der Waals surface area contributed by atoms with Crippen molar-refractivity contribution in [2.24, 2.45) is 0 Å². The summed E-state index contributed by atoms with van der Waals surface area (Å²) in [5, 5.41) is 9.28. The van der Waals surface area contributed by atoms with Crippen LogP contribution in [0.2, 0.25) is 0 Å². The Balaban J connectivity index is 2.44. The molecule has 138 valence electrons. The maximum absolute atomic E-state index is 12.4. The molecule has 0 atom stereocenters. The van der Waals surface area contributed by atoms with E-state index < -0.39 is 11.9 Å². The van der Waals surface area contributed by atoms with Crippen molar-refractivity contribution in [3.8, 4) is 0 Å². The summed E-state index contributed by atoms with van der Waals surface area (Å²) in [5.74, 6) is -2.39. The van der Waals surface area contributed by atoms with Crippen molar-refractivity contribution in [2.45, 2.75) is 46.6 Å². The normalized spacial score (nSPS) is 11.3. The van der Waals surface area contributed by atoms with Crippen LogP contribution in [0.3, 0.4) is 0 Å². The Hall–Kier alpha value is -2.14. The third-order valence-electron chi connectivity index (χ3n) is 4.31. The van der Waals surface area contributed by atoms with Gasteiger partial charge in [0, 0.05) is 4.47 Å². The molecule has 1 amide bonds. The van der Waals surface area contributed by atoms with E-state index in [4.69, 9.17) is 0 Å². The van der Waals surface area contributed by atoms with Gasteiger partial charge >= 0.3 is 11.9 Å².